The van der Waals surface area contributed by atoms with Gasteiger partial charge in [0.1, 0.15) is 0 Å². The van der Waals surface area contributed by atoms with Gasteiger partial charge >= 0.3 is 0 Å². The maximum atomic E-state index is 12.5. The smallest absolute Gasteiger partial charge is 0.226 e. The van der Waals surface area contributed by atoms with E-state index < -0.39 is 0 Å². The molecule has 0 bridgehead atoms. The standard InChI is InChI=1S/C15H28N2O.ClH/c1-3-7-15(2)8-5-10-17(12-15)14(18)13-6-4-9-16-11-13;/h13,16H,3-12H2,1-2H3;1H. The van der Waals surface area contributed by atoms with Crippen LogP contribution in [0.2, 0.25) is 0 Å². The van der Waals surface area contributed by atoms with E-state index >= 15 is 0 Å². The molecule has 0 saturated carbocycles. The van der Waals surface area contributed by atoms with Crippen molar-refractivity contribution in [1.82, 2.24) is 10.2 Å². The molecule has 0 aromatic carbocycles. The van der Waals surface area contributed by atoms with Gasteiger partial charge in [-0.3, -0.25) is 4.79 Å². The summed E-state index contributed by atoms with van der Waals surface area (Å²) in [5, 5.41) is 3.35. The number of likely N-dealkylation sites (tertiary alicyclic amines) is 1. The minimum atomic E-state index is 0. The van der Waals surface area contributed by atoms with Crippen molar-refractivity contribution >= 4 is 18.3 Å². The van der Waals surface area contributed by atoms with Crippen molar-refractivity contribution in [3.63, 3.8) is 0 Å². The number of halogens is 1. The van der Waals surface area contributed by atoms with Gasteiger partial charge in [0.25, 0.3) is 0 Å². The number of carbonyl (C=O) groups is 1. The number of nitrogens with one attached hydrogen (secondary N) is 1. The van der Waals surface area contributed by atoms with E-state index in [0.29, 0.717) is 11.3 Å². The summed E-state index contributed by atoms with van der Waals surface area (Å²) in [6.45, 7) is 8.54. The summed E-state index contributed by atoms with van der Waals surface area (Å²) in [6, 6.07) is 0. The first-order valence-electron chi connectivity index (χ1n) is 7.64. The van der Waals surface area contributed by atoms with Gasteiger partial charge in [0, 0.05) is 19.6 Å². The molecule has 2 atom stereocenters. The van der Waals surface area contributed by atoms with Crippen molar-refractivity contribution in [3.8, 4) is 0 Å². The maximum absolute atomic E-state index is 12.5. The minimum absolute atomic E-state index is 0. The van der Waals surface area contributed by atoms with Crippen molar-refractivity contribution in [2.75, 3.05) is 26.2 Å². The highest BCUT2D eigenvalue weighted by molar-refractivity contribution is 5.85. The van der Waals surface area contributed by atoms with Gasteiger partial charge in [0.15, 0.2) is 0 Å². The fourth-order valence-corrected chi connectivity index (χ4v) is 3.63. The molecule has 0 spiro atoms. The molecule has 0 aliphatic carbocycles. The molecule has 1 amide bonds. The zero-order chi connectivity index (χ0) is 13.0. The molecule has 112 valence electrons. The van der Waals surface area contributed by atoms with Crippen LogP contribution in [0, 0.1) is 11.3 Å². The molecule has 2 unspecified atom stereocenters. The summed E-state index contributed by atoms with van der Waals surface area (Å²) in [5.41, 5.74) is 0.366. The number of carbonyl (C=O) groups excluding carboxylic acids is 1. The van der Waals surface area contributed by atoms with Crippen LogP contribution in [0.3, 0.4) is 0 Å². The summed E-state index contributed by atoms with van der Waals surface area (Å²) < 4.78 is 0. The Morgan fingerprint density at radius 1 is 1.42 bits per heavy atom. The summed E-state index contributed by atoms with van der Waals surface area (Å²) in [7, 11) is 0. The van der Waals surface area contributed by atoms with Crippen LogP contribution in [0.15, 0.2) is 0 Å². The van der Waals surface area contributed by atoms with Crippen LogP contribution in [-0.2, 0) is 4.79 Å². The molecule has 2 aliphatic heterocycles. The number of hydrogen-bond acceptors (Lipinski definition) is 2. The quantitative estimate of drug-likeness (QED) is 0.866. The Labute approximate surface area is 123 Å². The average Bonchev–Trinajstić information content (AvgIpc) is 2.39. The predicted molar refractivity (Wildman–Crippen MR) is 81.7 cm³/mol. The number of hydrogen-bond donors (Lipinski definition) is 1. The van der Waals surface area contributed by atoms with E-state index in [0.717, 1.165) is 39.0 Å². The number of piperidine rings is 2. The van der Waals surface area contributed by atoms with Gasteiger partial charge in [-0.1, -0.05) is 20.3 Å². The molecule has 0 aromatic rings. The monoisotopic (exact) mass is 288 g/mol. The normalized spacial score (nSPS) is 31.7. The van der Waals surface area contributed by atoms with Crippen molar-refractivity contribution in [2.24, 2.45) is 11.3 Å². The van der Waals surface area contributed by atoms with Gasteiger partial charge in [0.2, 0.25) is 5.91 Å². The van der Waals surface area contributed by atoms with Crippen molar-refractivity contribution in [2.45, 2.75) is 52.4 Å². The van der Waals surface area contributed by atoms with E-state index in [4.69, 9.17) is 0 Å². The second-order valence-corrected chi connectivity index (χ2v) is 6.47. The Balaban J connectivity index is 0.00000180. The van der Waals surface area contributed by atoms with Crippen molar-refractivity contribution < 1.29 is 4.79 Å². The molecule has 2 aliphatic rings. The Morgan fingerprint density at radius 2 is 2.21 bits per heavy atom. The molecule has 3 nitrogen and oxygen atoms in total. The Morgan fingerprint density at radius 3 is 2.84 bits per heavy atom. The summed E-state index contributed by atoms with van der Waals surface area (Å²) in [4.78, 5) is 14.7. The Hall–Kier alpha value is -0.280. The predicted octanol–water partition coefficient (Wildman–Crippen LogP) is 2.84. The largest absolute Gasteiger partial charge is 0.342 e. The van der Waals surface area contributed by atoms with Crippen LogP contribution in [0.1, 0.15) is 52.4 Å². The summed E-state index contributed by atoms with van der Waals surface area (Å²) in [5.74, 6) is 0.645. The molecule has 1 N–H and O–H groups in total. The lowest BCUT2D eigenvalue weighted by molar-refractivity contribution is -0.139. The van der Waals surface area contributed by atoms with Gasteiger partial charge in [0.05, 0.1) is 5.92 Å². The second-order valence-electron chi connectivity index (χ2n) is 6.47. The molecule has 19 heavy (non-hydrogen) atoms. The molecule has 2 heterocycles. The maximum Gasteiger partial charge on any atom is 0.226 e. The van der Waals surface area contributed by atoms with Crippen LogP contribution in [0.5, 0.6) is 0 Å². The molecular formula is C15H29ClN2O. The number of rotatable bonds is 3. The first kappa shape index (κ1) is 16.8. The van der Waals surface area contributed by atoms with Crippen LogP contribution < -0.4 is 5.32 Å². The van der Waals surface area contributed by atoms with Gasteiger partial charge < -0.3 is 10.2 Å². The lowest BCUT2D eigenvalue weighted by atomic mass is 9.78. The summed E-state index contributed by atoms with van der Waals surface area (Å²) >= 11 is 0. The number of nitrogens with zero attached hydrogens (tertiary/aromatic N) is 1. The highest BCUT2D eigenvalue weighted by atomic mass is 35.5. The van der Waals surface area contributed by atoms with Gasteiger partial charge in [-0.25, -0.2) is 0 Å². The SMILES string of the molecule is CCCC1(C)CCCN(C(=O)C2CCCNC2)C1.Cl. The fourth-order valence-electron chi connectivity index (χ4n) is 3.63. The van der Waals surface area contributed by atoms with Crippen LogP contribution in [0.4, 0.5) is 0 Å². The van der Waals surface area contributed by atoms with Crippen LogP contribution >= 0.6 is 12.4 Å². The zero-order valence-electron chi connectivity index (χ0n) is 12.4. The Bertz CT molecular complexity index is 288. The number of amides is 1. The van der Waals surface area contributed by atoms with Crippen molar-refractivity contribution in [3.05, 3.63) is 0 Å². The fraction of sp³-hybridized carbons (Fsp3) is 0.933. The minimum Gasteiger partial charge on any atom is -0.342 e. The van der Waals surface area contributed by atoms with Crippen LogP contribution in [0.25, 0.3) is 0 Å². The second kappa shape index (κ2) is 7.49. The molecule has 2 fully saturated rings. The Kier molecular flexibility index (Phi) is 6.61. The topological polar surface area (TPSA) is 32.3 Å². The van der Waals surface area contributed by atoms with E-state index in [1.807, 2.05) is 0 Å². The third kappa shape index (κ3) is 4.35. The van der Waals surface area contributed by atoms with E-state index in [-0.39, 0.29) is 18.3 Å². The lowest BCUT2D eigenvalue weighted by Gasteiger charge is -2.42. The molecule has 0 radical (unpaired) electrons. The third-order valence-electron chi connectivity index (χ3n) is 4.59. The summed E-state index contributed by atoms with van der Waals surface area (Å²) in [6.07, 6.45) is 7.17. The van der Waals surface area contributed by atoms with Crippen molar-refractivity contribution in [1.29, 1.82) is 0 Å². The van der Waals surface area contributed by atoms with E-state index in [2.05, 4.69) is 24.1 Å². The van der Waals surface area contributed by atoms with E-state index in [1.165, 1.54) is 25.7 Å². The lowest BCUT2D eigenvalue weighted by Crippen LogP contribution is -2.49. The van der Waals surface area contributed by atoms with Gasteiger partial charge in [-0.05, 0) is 44.1 Å². The highest BCUT2D eigenvalue weighted by Gasteiger charge is 2.34. The van der Waals surface area contributed by atoms with Gasteiger partial charge in [-0.2, -0.15) is 0 Å². The molecule has 0 aromatic heterocycles. The van der Waals surface area contributed by atoms with Gasteiger partial charge in [-0.15, -0.1) is 12.4 Å². The molecule has 2 saturated heterocycles. The third-order valence-corrected chi connectivity index (χ3v) is 4.59. The molecule has 4 heteroatoms. The first-order valence-corrected chi connectivity index (χ1v) is 7.64. The highest BCUT2D eigenvalue weighted by Crippen LogP contribution is 2.34. The average molecular weight is 289 g/mol. The van der Waals surface area contributed by atoms with Crippen LogP contribution in [-0.4, -0.2) is 37.0 Å². The molecular weight excluding hydrogens is 260 g/mol. The zero-order valence-corrected chi connectivity index (χ0v) is 13.2. The molecule has 2 rings (SSSR count). The van der Waals surface area contributed by atoms with E-state index in [1.54, 1.807) is 0 Å². The first-order chi connectivity index (χ1) is 8.64. The van der Waals surface area contributed by atoms with E-state index in [9.17, 15) is 4.79 Å².